The van der Waals surface area contributed by atoms with Gasteiger partial charge in [-0.15, -0.1) is 0 Å². The number of aromatic nitrogens is 1. The summed E-state index contributed by atoms with van der Waals surface area (Å²) < 4.78 is 0.730. The first-order valence-corrected chi connectivity index (χ1v) is 6.42. The molecule has 1 aliphatic rings. The summed E-state index contributed by atoms with van der Waals surface area (Å²) in [6.07, 6.45) is 5.65. The summed E-state index contributed by atoms with van der Waals surface area (Å²) >= 11 is 5.94. The first kappa shape index (κ1) is 12.4. The quantitative estimate of drug-likeness (QED) is 0.352. The van der Waals surface area contributed by atoms with Crippen molar-refractivity contribution >= 4 is 17.4 Å². The lowest BCUT2D eigenvalue weighted by atomic mass is 9.86. The molecule has 3 nitrogen and oxygen atoms in total. The molecule has 2 rings (SSSR count). The van der Waals surface area contributed by atoms with Crippen molar-refractivity contribution in [1.29, 1.82) is 0 Å². The smallest absolute Gasteiger partial charge is 0.297 e. The Morgan fingerprint density at radius 2 is 2.00 bits per heavy atom. The van der Waals surface area contributed by atoms with Crippen molar-refractivity contribution in [2.75, 3.05) is 0 Å². The lowest BCUT2D eigenvalue weighted by molar-refractivity contribution is -0.613. The normalized spacial score (nSPS) is 17.1. The van der Waals surface area contributed by atoms with Gasteiger partial charge >= 0.3 is 0 Å². The van der Waals surface area contributed by atoms with Crippen LogP contribution in [0.3, 0.4) is 0 Å². The van der Waals surface area contributed by atoms with Crippen molar-refractivity contribution in [3.63, 3.8) is 0 Å². The number of ketones is 1. The first-order chi connectivity index (χ1) is 8.11. The maximum absolute atomic E-state index is 12.0. The number of hydrogen-bond acceptors (Lipinski definition) is 2. The van der Waals surface area contributed by atoms with Crippen LogP contribution in [-0.4, -0.2) is 5.78 Å². The van der Waals surface area contributed by atoms with Crippen LogP contribution in [0.15, 0.2) is 12.1 Å². The van der Waals surface area contributed by atoms with Crippen LogP contribution in [0.25, 0.3) is 0 Å². The largest absolute Gasteiger partial charge is 0.617 e. The molecular formula is C13H16ClNO2. The minimum absolute atomic E-state index is 0.0144. The number of halogens is 1. The molecule has 4 heteroatoms. The highest BCUT2D eigenvalue weighted by molar-refractivity contribution is 6.31. The van der Waals surface area contributed by atoms with E-state index in [0.717, 1.165) is 30.4 Å². The van der Waals surface area contributed by atoms with E-state index in [1.165, 1.54) is 13.3 Å². The van der Waals surface area contributed by atoms with Crippen molar-refractivity contribution in [3.8, 4) is 0 Å². The average Bonchev–Trinajstić information content (AvgIpc) is 2.33. The Balaban J connectivity index is 2.36. The molecule has 0 aromatic carbocycles. The second-order valence-corrected chi connectivity index (χ2v) is 5.01. The summed E-state index contributed by atoms with van der Waals surface area (Å²) in [7, 11) is 0. The van der Waals surface area contributed by atoms with E-state index in [1.54, 1.807) is 12.1 Å². The monoisotopic (exact) mass is 253 g/mol. The molecule has 1 aromatic rings. The van der Waals surface area contributed by atoms with Crippen molar-refractivity contribution in [1.82, 2.24) is 0 Å². The zero-order chi connectivity index (χ0) is 12.4. The highest BCUT2D eigenvalue weighted by atomic mass is 35.5. The fourth-order valence-electron chi connectivity index (χ4n) is 2.49. The van der Waals surface area contributed by atoms with Gasteiger partial charge in [0.25, 0.3) is 5.15 Å². The van der Waals surface area contributed by atoms with Crippen LogP contribution in [0.2, 0.25) is 5.15 Å². The highest BCUT2D eigenvalue weighted by Crippen LogP contribution is 2.31. The lowest BCUT2D eigenvalue weighted by Crippen LogP contribution is -2.36. The van der Waals surface area contributed by atoms with Gasteiger partial charge in [0.05, 0.1) is 0 Å². The van der Waals surface area contributed by atoms with Gasteiger partial charge in [0.15, 0.2) is 11.5 Å². The molecule has 1 saturated carbocycles. The third-order valence-corrected chi connectivity index (χ3v) is 3.82. The van der Waals surface area contributed by atoms with Crippen LogP contribution >= 0.6 is 11.6 Å². The third-order valence-electron chi connectivity index (χ3n) is 3.46. The second-order valence-electron chi connectivity index (χ2n) is 4.65. The SMILES string of the molecule is CC(=O)c1ccc(C2CCCCC2)[n+]([O-])c1Cl. The Hall–Kier alpha value is -1.09. The average molecular weight is 254 g/mol. The first-order valence-electron chi connectivity index (χ1n) is 6.04. The Morgan fingerprint density at radius 3 is 2.59 bits per heavy atom. The molecule has 0 unspecified atom stereocenters. The van der Waals surface area contributed by atoms with Crippen molar-refractivity contribution in [2.45, 2.75) is 44.9 Å². The Bertz CT molecular complexity index is 439. The van der Waals surface area contributed by atoms with Gasteiger partial charge in [-0.1, -0.05) is 19.3 Å². The van der Waals surface area contributed by atoms with Crippen molar-refractivity contribution in [3.05, 3.63) is 33.8 Å². The number of pyridine rings is 1. The summed E-state index contributed by atoms with van der Waals surface area (Å²) in [5.41, 5.74) is 1.01. The summed E-state index contributed by atoms with van der Waals surface area (Å²) in [5.74, 6) is 0.120. The van der Waals surface area contributed by atoms with E-state index >= 15 is 0 Å². The van der Waals surface area contributed by atoms with E-state index in [2.05, 4.69) is 0 Å². The van der Waals surface area contributed by atoms with E-state index in [1.807, 2.05) is 0 Å². The number of carbonyl (C=O) groups is 1. The van der Waals surface area contributed by atoms with Crippen molar-refractivity contribution in [2.24, 2.45) is 0 Å². The molecule has 0 aliphatic heterocycles. The van der Waals surface area contributed by atoms with Gasteiger partial charge in [0, 0.05) is 12.0 Å². The zero-order valence-electron chi connectivity index (χ0n) is 9.91. The molecule has 1 heterocycles. The minimum atomic E-state index is -0.171. The molecule has 0 radical (unpaired) electrons. The number of nitrogens with zero attached hydrogens (tertiary/aromatic N) is 1. The standard InChI is InChI=1S/C13H16ClNO2/c1-9(16)11-7-8-12(15(17)13(11)14)10-5-3-2-4-6-10/h7-8,10H,2-6H2,1H3. The summed E-state index contributed by atoms with van der Waals surface area (Å²) in [6.45, 7) is 1.42. The van der Waals surface area contributed by atoms with E-state index < -0.39 is 0 Å². The number of Topliss-reactive ketones (excluding diaryl/α,β-unsaturated/α-hetero) is 1. The van der Waals surface area contributed by atoms with Crippen LogP contribution in [0, 0.1) is 5.21 Å². The maximum atomic E-state index is 12.0. The zero-order valence-corrected chi connectivity index (χ0v) is 10.7. The Labute approximate surface area is 106 Å². The van der Waals surface area contributed by atoms with E-state index in [4.69, 9.17) is 11.6 Å². The van der Waals surface area contributed by atoms with Gasteiger partial charge < -0.3 is 5.21 Å². The molecule has 0 bridgehead atoms. The third kappa shape index (κ3) is 2.44. The van der Waals surface area contributed by atoms with Crippen LogP contribution in [-0.2, 0) is 0 Å². The molecule has 0 atom stereocenters. The number of rotatable bonds is 2. The second kappa shape index (κ2) is 5.05. The summed E-state index contributed by atoms with van der Waals surface area (Å²) in [5, 5.41) is 12.0. The van der Waals surface area contributed by atoms with Gasteiger partial charge in [0.1, 0.15) is 5.56 Å². The molecule has 1 fully saturated rings. The highest BCUT2D eigenvalue weighted by Gasteiger charge is 2.25. The van der Waals surface area contributed by atoms with Crippen LogP contribution in [0.4, 0.5) is 0 Å². The topological polar surface area (TPSA) is 44.0 Å². The summed E-state index contributed by atoms with van der Waals surface area (Å²) in [4.78, 5) is 11.3. The summed E-state index contributed by atoms with van der Waals surface area (Å²) in [6, 6.07) is 3.43. The fraction of sp³-hybridized carbons (Fsp3) is 0.538. The Morgan fingerprint density at radius 1 is 1.35 bits per heavy atom. The molecule has 0 amide bonds. The molecule has 0 N–H and O–H groups in total. The fourth-order valence-corrected chi connectivity index (χ4v) is 2.78. The molecular weight excluding hydrogens is 238 g/mol. The van der Waals surface area contributed by atoms with Gasteiger partial charge in [-0.05, 0) is 37.4 Å². The molecule has 1 aliphatic carbocycles. The van der Waals surface area contributed by atoms with E-state index in [9.17, 15) is 10.0 Å². The molecule has 0 saturated heterocycles. The van der Waals surface area contributed by atoms with Crippen molar-refractivity contribution < 1.29 is 9.52 Å². The molecule has 17 heavy (non-hydrogen) atoms. The predicted octanol–water partition coefficient (Wildman–Crippen LogP) is 3.22. The van der Waals surface area contributed by atoms with Gasteiger partial charge in [-0.3, -0.25) is 4.79 Å². The predicted molar refractivity (Wildman–Crippen MR) is 66.2 cm³/mol. The van der Waals surface area contributed by atoms with Crippen LogP contribution in [0.1, 0.15) is 61.0 Å². The van der Waals surface area contributed by atoms with Gasteiger partial charge in [-0.25, -0.2) is 0 Å². The minimum Gasteiger partial charge on any atom is -0.617 e. The van der Waals surface area contributed by atoms with Crippen LogP contribution < -0.4 is 4.73 Å². The van der Waals surface area contributed by atoms with E-state index in [-0.39, 0.29) is 10.9 Å². The number of carbonyl (C=O) groups excluding carboxylic acids is 1. The number of hydrogen-bond donors (Lipinski definition) is 0. The lowest BCUT2D eigenvalue weighted by Gasteiger charge is -2.21. The molecule has 92 valence electrons. The van der Waals surface area contributed by atoms with Gasteiger partial charge in [-0.2, -0.15) is 4.73 Å². The Kier molecular flexibility index (Phi) is 3.67. The molecule has 0 spiro atoms. The maximum Gasteiger partial charge on any atom is 0.297 e. The van der Waals surface area contributed by atoms with Gasteiger partial charge in [0.2, 0.25) is 0 Å². The van der Waals surface area contributed by atoms with E-state index in [0.29, 0.717) is 17.2 Å². The molecule has 1 aromatic heterocycles. The van der Waals surface area contributed by atoms with Crippen LogP contribution in [0.5, 0.6) is 0 Å².